The van der Waals surface area contributed by atoms with E-state index < -0.39 is 0 Å². The molecule has 0 aliphatic rings. The summed E-state index contributed by atoms with van der Waals surface area (Å²) in [6.07, 6.45) is 2.95. The smallest absolute Gasteiger partial charge is 0.225 e. The largest absolute Gasteiger partial charge is 0.268 e. The summed E-state index contributed by atoms with van der Waals surface area (Å²) in [5.74, 6) is 0.222. The van der Waals surface area contributed by atoms with Crippen LogP contribution in [0.15, 0.2) is 12.5 Å². The van der Waals surface area contributed by atoms with Crippen molar-refractivity contribution in [2.45, 2.75) is 19.8 Å². The quantitative estimate of drug-likeness (QED) is 0.811. The molecule has 0 bridgehead atoms. The van der Waals surface area contributed by atoms with Crippen LogP contribution in [0.4, 0.5) is 0 Å². The number of hydrogen-bond acceptors (Lipinski definition) is 3. The van der Waals surface area contributed by atoms with Crippen molar-refractivity contribution in [2.24, 2.45) is 0 Å². The summed E-state index contributed by atoms with van der Waals surface area (Å²) in [6.45, 7) is 3.98. The second-order valence-electron chi connectivity index (χ2n) is 2.93. The molecule has 0 aliphatic heterocycles. The molecule has 1 heterocycles. The monoisotopic (exact) mass is 232 g/mol. The van der Waals surface area contributed by atoms with Gasteiger partial charge in [-0.25, -0.2) is 9.97 Å². The minimum absolute atomic E-state index is 0.0751. The van der Waals surface area contributed by atoms with Crippen molar-refractivity contribution >= 4 is 23.2 Å². The fraction of sp³-hybridized carbons (Fsp3) is 0.375. The molecular weight excluding hydrogens is 223 g/mol. The van der Waals surface area contributed by atoms with Crippen LogP contribution in [0.25, 0.3) is 0 Å². The van der Waals surface area contributed by atoms with Crippen LogP contribution in [0.2, 0.25) is 10.4 Å². The Kier molecular flexibility index (Phi) is 4.10. The van der Waals surface area contributed by atoms with E-state index in [-0.39, 0.29) is 11.2 Å². The van der Waals surface area contributed by atoms with E-state index in [9.17, 15) is 0 Å². The minimum Gasteiger partial charge on any atom is -0.268 e. The standard InChI is InChI=1S/C8H10Cl2N4/c1-5(2)6-3-12-13-4-11-8(10)14-7(6)9/h3-5H,1-2H3,(H,11,13,14). The summed E-state index contributed by atoms with van der Waals surface area (Å²) in [4.78, 5) is 7.63. The molecule has 14 heavy (non-hydrogen) atoms. The van der Waals surface area contributed by atoms with Gasteiger partial charge < -0.3 is 0 Å². The first-order chi connectivity index (χ1) is 6.61. The van der Waals surface area contributed by atoms with Gasteiger partial charge in [0, 0.05) is 5.56 Å². The third-order valence-corrected chi connectivity index (χ3v) is 2.04. The highest BCUT2D eigenvalue weighted by molar-refractivity contribution is 6.32. The molecule has 6 heteroatoms. The van der Waals surface area contributed by atoms with Crippen molar-refractivity contribution in [3.8, 4) is 0 Å². The Bertz CT molecular complexity index is 360. The lowest BCUT2D eigenvalue weighted by atomic mass is 10.1. The lowest BCUT2D eigenvalue weighted by Crippen LogP contribution is -1.89. The molecule has 0 aliphatic carbocycles. The lowest BCUT2D eigenvalue weighted by molar-refractivity contribution is 0.848. The molecule has 0 atom stereocenters. The van der Waals surface area contributed by atoms with E-state index in [1.54, 1.807) is 6.20 Å². The van der Waals surface area contributed by atoms with Gasteiger partial charge in [-0.2, -0.15) is 5.10 Å². The van der Waals surface area contributed by atoms with E-state index >= 15 is 0 Å². The molecule has 1 aromatic rings. The second kappa shape index (κ2) is 5.12. The SMILES string of the molecule is CC(C)c1cn[nH]cnc(Cl)nc1Cl. The highest BCUT2D eigenvalue weighted by atomic mass is 35.5. The highest BCUT2D eigenvalue weighted by Crippen LogP contribution is 2.19. The third-order valence-electron chi connectivity index (χ3n) is 1.56. The van der Waals surface area contributed by atoms with Gasteiger partial charge >= 0.3 is 0 Å². The first-order valence-electron chi connectivity index (χ1n) is 4.06. The minimum atomic E-state index is 0.0751. The van der Waals surface area contributed by atoms with Crippen molar-refractivity contribution < 1.29 is 0 Å². The van der Waals surface area contributed by atoms with Gasteiger partial charge in [-0.15, -0.1) is 0 Å². The summed E-state index contributed by atoms with van der Waals surface area (Å²) in [5.41, 5.74) is 0.808. The molecule has 4 nitrogen and oxygen atoms in total. The van der Waals surface area contributed by atoms with Crippen molar-refractivity contribution in [3.63, 3.8) is 0 Å². The third kappa shape index (κ3) is 3.12. The topological polar surface area (TPSA) is 54.5 Å². The number of rotatable bonds is 1. The number of nitrogens with one attached hydrogen (secondary N) is 1. The molecule has 0 saturated carbocycles. The molecule has 0 saturated heterocycles. The Labute approximate surface area is 92.0 Å². The van der Waals surface area contributed by atoms with E-state index in [4.69, 9.17) is 23.2 Å². The number of aromatic amines is 1. The summed E-state index contributed by atoms with van der Waals surface area (Å²) < 4.78 is 0. The molecule has 0 amide bonds. The molecule has 0 fully saturated rings. The Morgan fingerprint density at radius 2 is 2.07 bits per heavy atom. The highest BCUT2D eigenvalue weighted by Gasteiger charge is 2.04. The van der Waals surface area contributed by atoms with Crippen LogP contribution in [-0.4, -0.2) is 20.2 Å². The van der Waals surface area contributed by atoms with Gasteiger partial charge in [-0.3, -0.25) is 5.10 Å². The van der Waals surface area contributed by atoms with Crippen LogP contribution in [-0.2, 0) is 0 Å². The van der Waals surface area contributed by atoms with Crippen LogP contribution in [0.5, 0.6) is 0 Å². The van der Waals surface area contributed by atoms with Gasteiger partial charge in [-0.05, 0) is 17.5 Å². The van der Waals surface area contributed by atoms with Gasteiger partial charge in [0.15, 0.2) is 0 Å². The number of aromatic nitrogens is 4. The Morgan fingerprint density at radius 3 is 2.71 bits per heavy atom. The van der Waals surface area contributed by atoms with E-state index in [1.165, 1.54) is 6.33 Å². The fourth-order valence-corrected chi connectivity index (χ4v) is 1.36. The van der Waals surface area contributed by atoms with Gasteiger partial charge in [0.1, 0.15) is 11.5 Å². The van der Waals surface area contributed by atoms with Crippen molar-refractivity contribution in [1.82, 2.24) is 20.2 Å². The number of nitrogens with zero attached hydrogens (tertiary/aromatic N) is 3. The van der Waals surface area contributed by atoms with E-state index in [0.29, 0.717) is 5.15 Å². The molecule has 1 N–H and O–H groups in total. The van der Waals surface area contributed by atoms with Gasteiger partial charge in [0.05, 0.1) is 6.20 Å². The second-order valence-corrected chi connectivity index (χ2v) is 3.62. The average Bonchev–Trinajstić information content (AvgIpc) is 2.15. The Balaban J connectivity index is 3.40. The van der Waals surface area contributed by atoms with Crippen molar-refractivity contribution in [1.29, 1.82) is 0 Å². The van der Waals surface area contributed by atoms with Crippen molar-refractivity contribution in [3.05, 3.63) is 28.5 Å². The van der Waals surface area contributed by atoms with Gasteiger partial charge in [-0.1, -0.05) is 25.4 Å². The summed E-state index contributed by atoms with van der Waals surface area (Å²) in [7, 11) is 0. The number of hydrogen-bond donors (Lipinski definition) is 1. The number of H-pyrrole nitrogens is 1. The first kappa shape index (κ1) is 11.2. The molecule has 1 aromatic heterocycles. The zero-order chi connectivity index (χ0) is 10.6. The van der Waals surface area contributed by atoms with E-state index in [1.807, 2.05) is 13.8 Å². The zero-order valence-electron chi connectivity index (χ0n) is 7.83. The Morgan fingerprint density at radius 1 is 1.36 bits per heavy atom. The predicted octanol–water partition coefficient (Wildman–Crippen LogP) is 2.75. The molecule has 76 valence electrons. The molecule has 1 rings (SSSR count). The van der Waals surface area contributed by atoms with Crippen molar-refractivity contribution in [2.75, 3.05) is 0 Å². The van der Waals surface area contributed by atoms with Crippen LogP contribution >= 0.6 is 23.2 Å². The van der Waals surface area contributed by atoms with Gasteiger partial charge in [0.25, 0.3) is 0 Å². The maximum atomic E-state index is 5.94. The fourth-order valence-electron chi connectivity index (χ4n) is 0.837. The molecule has 0 unspecified atom stereocenters. The van der Waals surface area contributed by atoms with E-state index in [0.717, 1.165) is 5.56 Å². The number of halogens is 2. The lowest BCUT2D eigenvalue weighted by Gasteiger charge is -2.01. The normalized spacial score (nSPS) is 10.1. The maximum absolute atomic E-state index is 5.94. The van der Waals surface area contributed by atoms with E-state index in [2.05, 4.69) is 20.2 Å². The zero-order valence-corrected chi connectivity index (χ0v) is 9.34. The summed E-state index contributed by atoms with van der Waals surface area (Å²) in [5, 5.41) is 6.85. The molecule has 0 spiro atoms. The maximum Gasteiger partial charge on any atom is 0.225 e. The van der Waals surface area contributed by atoms with Crippen LogP contribution in [0.3, 0.4) is 0 Å². The molecular formula is C8H10Cl2N4. The predicted molar refractivity (Wildman–Crippen MR) is 55.9 cm³/mol. The van der Waals surface area contributed by atoms with Crippen LogP contribution < -0.4 is 0 Å². The molecule has 0 aromatic carbocycles. The van der Waals surface area contributed by atoms with Gasteiger partial charge in [0.2, 0.25) is 5.28 Å². The molecule has 0 radical (unpaired) electrons. The first-order valence-corrected chi connectivity index (χ1v) is 4.82. The van der Waals surface area contributed by atoms with Crippen LogP contribution in [0.1, 0.15) is 25.3 Å². The summed E-state index contributed by atoms with van der Waals surface area (Å²) >= 11 is 11.6. The van der Waals surface area contributed by atoms with Crippen LogP contribution in [0, 0.1) is 0 Å². The average molecular weight is 233 g/mol. The Hall–Kier alpha value is -0.870. The summed E-state index contributed by atoms with van der Waals surface area (Å²) in [6, 6.07) is 0.